The average molecular weight is 427 g/mol. The quantitative estimate of drug-likeness (QED) is 0.408. The number of thiophene rings is 1. The molecule has 6 rings (SSSR count). The first-order valence-corrected chi connectivity index (χ1v) is 10.3. The molecule has 0 aliphatic heterocycles. The Morgan fingerprint density at radius 2 is 1.90 bits per heavy atom. The number of nitrogens with zero attached hydrogens (tertiary/aromatic N) is 5. The van der Waals surface area contributed by atoms with Crippen LogP contribution in [0, 0.1) is 12.7 Å². The molecule has 6 aromatic rings. The molecule has 31 heavy (non-hydrogen) atoms. The van der Waals surface area contributed by atoms with E-state index in [0.29, 0.717) is 33.8 Å². The highest BCUT2D eigenvalue weighted by molar-refractivity contribution is 7.15. The summed E-state index contributed by atoms with van der Waals surface area (Å²) in [6.07, 6.45) is 6.33. The third-order valence-corrected chi connectivity index (χ3v) is 6.18. The Balaban J connectivity index is 1.54. The van der Waals surface area contributed by atoms with Crippen LogP contribution in [0.3, 0.4) is 0 Å². The van der Waals surface area contributed by atoms with Gasteiger partial charge >= 0.3 is 0 Å². The zero-order chi connectivity index (χ0) is 20.9. The van der Waals surface area contributed by atoms with Crippen LogP contribution < -0.4 is 0 Å². The summed E-state index contributed by atoms with van der Waals surface area (Å²) in [5.41, 5.74) is 4.66. The summed E-state index contributed by atoms with van der Waals surface area (Å²) >= 11 is 1.72. The van der Waals surface area contributed by atoms with Gasteiger partial charge in [0.05, 0.1) is 11.0 Å². The molecule has 5 aromatic heterocycles. The molecule has 0 atom stereocenters. The molecule has 9 heteroatoms. The van der Waals surface area contributed by atoms with E-state index in [2.05, 4.69) is 54.2 Å². The van der Waals surface area contributed by atoms with Crippen LogP contribution in [-0.4, -0.2) is 35.1 Å². The van der Waals surface area contributed by atoms with Crippen LogP contribution >= 0.6 is 11.3 Å². The van der Waals surface area contributed by atoms with Crippen molar-refractivity contribution in [1.29, 1.82) is 0 Å². The van der Waals surface area contributed by atoms with Crippen molar-refractivity contribution in [2.75, 3.05) is 0 Å². The summed E-state index contributed by atoms with van der Waals surface area (Å²) < 4.78 is 14.7. The molecule has 1 aromatic carbocycles. The standard InChI is InChI=1S/C22H14FN7S/c1-11-2-3-18(31-11)13-4-5-26-21-19(13)27-22(28-21)20-15-6-14(12-8-24-10-25-9-12)16(23)7-17(15)29-30-20/h2-10H,1H3,(H,29,30)(H,26,27,28). The fourth-order valence-electron chi connectivity index (χ4n) is 3.69. The monoisotopic (exact) mass is 427 g/mol. The molecule has 5 heterocycles. The van der Waals surface area contributed by atoms with Crippen molar-refractivity contribution in [2.24, 2.45) is 0 Å². The maximum absolute atomic E-state index is 14.7. The van der Waals surface area contributed by atoms with Gasteiger partial charge in [0.1, 0.15) is 17.8 Å². The number of pyridine rings is 1. The predicted octanol–water partition coefficient (Wildman–Crippen LogP) is 5.13. The molecule has 0 bridgehead atoms. The van der Waals surface area contributed by atoms with Gasteiger partial charge in [-0.2, -0.15) is 5.10 Å². The molecule has 0 aliphatic rings. The summed E-state index contributed by atoms with van der Waals surface area (Å²) in [6, 6.07) is 9.33. The second-order valence-corrected chi connectivity index (χ2v) is 8.42. The molecule has 0 spiro atoms. The fourth-order valence-corrected chi connectivity index (χ4v) is 4.58. The van der Waals surface area contributed by atoms with E-state index >= 15 is 0 Å². The molecule has 0 unspecified atom stereocenters. The minimum Gasteiger partial charge on any atom is -0.335 e. The van der Waals surface area contributed by atoms with Gasteiger partial charge in [-0.3, -0.25) is 5.10 Å². The topological polar surface area (TPSA) is 96.0 Å². The Morgan fingerprint density at radius 1 is 1.03 bits per heavy atom. The Kier molecular flexibility index (Phi) is 3.90. The zero-order valence-electron chi connectivity index (χ0n) is 16.2. The first kappa shape index (κ1) is 17.8. The van der Waals surface area contributed by atoms with Gasteiger partial charge in [0.15, 0.2) is 11.5 Å². The molecule has 7 nitrogen and oxygen atoms in total. The molecule has 0 saturated carbocycles. The summed E-state index contributed by atoms with van der Waals surface area (Å²) in [5.74, 6) is 0.190. The maximum Gasteiger partial charge on any atom is 0.178 e. The first-order valence-electron chi connectivity index (χ1n) is 9.52. The van der Waals surface area contributed by atoms with Crippen molar-refractivity contribution in [3.63, 3.8) is 0 Å². The molecule has 0 fully saturated rings. The Bertz CT molecular complexity index is 1570. The minimum atomic E-state index is -0.376. The first-order chi connectivity index (χ1) is 15.2. The van der Waals surface area contributed by atoms with Crippen molar-refractivity contribution >= 4 is 33.4 Å². The van der Waals surface area contributed by atoms with Crippen LogP contribution in [0.5, 0.6) is 0 Å². The molecule has 2 N–H and O–H groups in total. The summed E-state index contributed by atoms with van der Waals surface area (Å²) in [6.45, 7) is 2.08. The Hall–Kier alpha value is -3.98. The van der Waals surface area contributed by atoms with E-state index in [4.69, 9.17) is 0 Å². The number of aryl methyl sites for hydroxylation is 1. The highest BCUT2D eigenvalue weighted by Crippen LogP contribution is 2.35. The highest BCUT2D eigenvalue weighted by Gasteiger charge is 2.18. The van der Waals surface area contributed by atoms with Crippen LogP contribution in [0.4, 0.5) is 4.39 Å². The number of rotatable bonds is 3. The van der Waals surface area contributed by atoms with E-state index in [1.165, 1.54) is 17.3 Å². The van der Waals surface area contributed by atoms with E-state index in [1.807, 2.05) is 6.07 Å². The van der Waals surface area contributed by atoms with Crippen LogP contribution in [-0.2, 0) is 0 Å². The van der Waals surface area contributed by atoms with Gasteiger partial charge in [-0.1, -0.05) is 0 Å². The summed E-state index contributed by atoms with van der Waals surface area (Å²) in [4.78, 5) is 22.8. The van der Waals surface area contributed by atoms with Crippen LogP contribution in [0.2, 0.25) is 0 Å². The number of benzene rings is 1. The van der Waals surface area contributed by atoms with Crippen molar-refractivity contribution in [3.05, 3.63) is 65.9 Å². The zero-order valence-corrected chi connectivity index (χ0v) is 17.0. The third-order valence-electron chi connectivity index (χ3n) is 5.14. The SMILES string of the molecule is Cc1ccc(-c2ccnc3nc(-c4n[nH]c5cc(F)c(-c6cncnc6)cc45)[nH]c23)s1. The minimum absolute atomic E-state index is 0.376. The number of aromatic nitrogens is 7. The van der Waals surface area contributed by atoms with Crippen LogP contribution in [0.15, 0.2) is 55.2 Å². The number of imidazole rings is 1. The number of aromatic amines is 2. The molecule has 150 valence electrons. The van der Waals surface area contributed by atoms with Gasteiger partial charge in [-0.05, 0) is 31.2 Å². The fraction of sp³-hybridized carbons (Fsp3) is 0.0455. The smallest absolute Gasteiger partial charge is 0.178 e. The molecule has 0 saturated heterocycles. The largest absolute Gasteiger partial charge is 0.335 e. The maximum atomic E-state index is 14.7. The van der Waals surface area contributed by atoms with Crippen molar-refractivity contribution < 1.29 is 4.39 Å². The lowest BCUT2D eigenvalue weighted by molar-refractivity contribution is 0.632. The lowest BCUT2D eigenvalue weighted by atomic mass is 10.0. The van der Waals surface area contributed by atoms with Crippen LogP contribution in [0.25, 0.3) is 55.2 Å². The van der Waals surface area contributed by atoms with E-state index < -0.39 is 0 Å². The highest BCUT2D eigenvalue weighted by atomic mass is 32.1. The predicted molar refractivity (Wildman–Crippen MR) is 118 cm³/mol. The third kappa shape index (κ3) is 2.89. The molecular weight excluding hydrogens is 413 g/mol. The van der Waals surface area contributed by atoms with E-state index in [0.717, 1.165) is 21.3 Å². The number of halogens is 1. The average Bonchev–Trinajstić information content (AvgIpc) is 3.50. The van der Waals surface area contributed by atoms with Crippen molar-refractivity contribution in [1.82, 2.24) is 35.1 Å². The Morgan fingerprint density at radius 3 is 2.71 bits per heavy atom. The van der Waals surface area contributed by atoms with E-state index in [9.17, 15) is 4.39 Å². The molecule has 0 radical (unpaired) electrons. The Labute approximate surface area is 179 Å². The van der Waals surface area contributed by atoms with Gasteiger partial charge in [-0.25, -0.2) is 24.3 Å². The van der Waals surface area contributed by atoms with E-state index in [1.54, 1.807) is 36.0 Å². The second kappa shape index (κ2) is 6.78. The number of fused-ring (bicyclic) bond motifs is 2. The number of hydrogen-bond donors (Lipinski definition) is 2. The van der Waals surface area contributed by atoms with Gasteiger partial charge in [-0.15, -0.1) is 11.3 Å². The number of nitrogens with one attached hydrogen (secondary N) is 2. The summed E-state index contributed by atoms with van der Waals surface area (Å²) in [7, 11) is 0. The molecule has 0 aliphatic carbocycles. The number of hydrogen-bond acceptors (Lipinski definition) is 6. The van der Waals surface area contributed by atoms with Crippen LogP contribution in [0.1, 0.15) is 4.88 Å². The second-order valence-electron chi connectivity index (χ2n) is 7.13. The lowest BCUT2D eigenvalue weighted by Crippen LogP contribution is -1.88. The summed E-state index contributed by atoms with van der Waals surface area (Å²) in [5, 5.41) is 8.05. The lowest BCUT2D eigenvalue weighted by Gasteiger charge is -2.03. The molecule has 0 amide bonds. The van der Waals surface area contributed by atoms with Gasteiger partial charge in [0.2, 0.25) is 0 Å². The normalized spacial score (nSPS) is 11.5. The van der Waals surface area contributed by atoms with Gasteiger partial charge < -0.3 is 4.98 Å². The van der Waals surface area contributed by atoms with Crippen molar-refractivity contribution in [2.45, 2.75) is 6.92 Å². The van der Waals surface area contributed by atoms with Gasteiger partial charge in [0.25, 0.3) is 0 Å². The van der Waals surface area contributed by atoms with Gasteiger partial charge in [0, 0.05) is 56.5 Å². The molecular formula is C22H14FN7S. The van der Waals surface area contributed by atoms with E-state index in [-0.39, 0.29) is 5.82 Å². The number of H-pyrrole nitrogens is 2. The van der Waals surface area contributed by atoms with Crippen molar-refractivity contribution in [3.8, 4) is 33.1 Å².